The van der Waals surface area contributed by atoms with Gasteiger partial charge in [-0.3, -0.25) is 14.6 Å². The van der Waals surface area contributed by atoms with Crippen molar-refractivity contribution in [3.8, 4) is 0 Å². The number of carbonyl (C=O) groups is 1. The van der Waals surface area contributed by atoms with E-state index < -0.39 is 0 Å². The predicted octanol–water partition coefficient (Wildman–Crippen LogP) is 1.10. The Bertz CT molecular complexity index is 478. The molecule has 1 amide bonds. The lowest BCUT2D eigenvalue weighted by Crippen LogP contribution is -2.51. The molecule has 128 valence electrons. The molecule has 0 unspecified atom stereocenters. The van der Waals surface area contributed by atoms with Crippen LogP contribution in [-0.4, -0.2) is 78.1 Å². The van der Waals surface area contributed by atoms with Crippen LogP contribution in [0.15, 0.2) is 17.5 Å². The van der Waals surface area contributed by atoms with E-state index in [1.165, 1.54) is 4.88 Å². The molecule has 0 bridgehead atoms. The molecule has 2 fully saturated rings. The van der Waals surface area contributed by atoms with Gasteiger partial charge in [0.2, 0.25) is 5.91 Å². The van der Waals surface area contributed by atoms with Crippen LogP contribution >= 0.6 is 11.3 Å². The van der Waals surface area contributed by atoms with Gasteiger partial charge in [-0.05, 0) is 43.3 Å². The summed E-state index contributed by atoms with van der Waals surface area (Å²) in [7, 11) is 0. The van der Waals surface area contributed by atoms with Gasteiger partial charge in [0.05, 0.1) is 6.54 Å². The van der Waals surface area contributed by atoms with Crippen LogP contribution in [0.2, 0.25) is 0 Å². The minimum Gasteiger partial charge on any atom is -0.396 e. The molecule has 1 aromatic rings. The number of carbonyl (C=O) groups excluding carboxylic acids is 1. The van der Waals surface area contributed by atoms with Crippen molar-refractivity contribution in [2.24, 2.45) is 5.92 Å². The Labute approximate surface area is 142 Å². The minimum atomic E-state index is 0.267. The van der Waals surface area contributed by atoms with Gasteiger partial charge >= 0.3 is 0 Å². The van der Waals surface area contributed by atoms with Crippen molar-refractivity contribution in [2.45, 2.75) is 19.4 Å². The normalized spacial score (nSPS) is 21.7. The summed E-state index contributed by atoms with van der Waals surface area (Å²) < 4.78 is 0. The molecule has 3 rings (SSSR count). The summed E-state index contributed by atoms with van der Waals surface area (Å²) in [6.07, 6.45) is 2.02. The van der Waals surface area contributed by atoms with Gasteiger partial charge in [0.25, 0.3) is 0 Å². The summed E-state index contributed by atoms with van der Waals surface area (Å²) in [4.78, 5) is 20.6. The molecule has 6 heteroatoms. The number of likely N-dealkylation sites (tertiary alicyclic amines) is 1. The van der Waals surface area contributed by atoms with Gasteiger partial charge in [-0.2, -0.15) is 0 Å². The largest absolute Gasteiger partial charge is 0.396 e. The molecule has 1 aromatic heterocycles. The highest BCUT2D eigenvalue weighted by molar-refractivity contribution is 7.09. The molecule has 0 atom stereocenters. The Morgan fingerprint density at radius 2 is 1.87 bits per heavy atom. The number of piperidine rings is 1. The molecule has 0 aromatic carbocycles. The maximum atomic E-state index is 12.5. The lowest BCUT2D eigenvalue weighted by atomic mass is 9.98. The molecule has 0 radical (unpaired) electrons. The third-order valence-corrected chi connectivity index (χ3v) is 5.87. The second-order valence-corrected chi connectivity index (χ2v) is 7.67. The van der Waals surface area contributed by atoms with E-state index in [0.29, 0.717) is 12.5 Å². The standard InChI is InChI=1S/C17H27N3O2S/c21-14-15-3-5-18(6-4-15)13-17(22)20-9-7-19(8-10-20)12-16-2-1-11-23-16/h1-2,11,15,21H,3-10,12-14H2. The van der Waals surface area contributed by atoms with Crippen LogP contribution in [0.1, 0.15) is 17.7 Å². The van der Waals surface area contributed by atoms with Crippen molar-refractivity contribution in [3.63, 3.8) is 0 Å². The zero-order valence-corrected chi connectivity index (χ0v) is 14.5. The fourth-order valence-corrected chi connectivity index (χ4v) is 4.14. The van der Waals surface area contributed by atoms with Gasteiger partial charge in [0, 0.05) is 44.2 Å². The van der Waals surface area contributed by atoms with Crippen molar-refractivity contribution < 1.29 is 9.90 Å². The van der Waals surface area contributed by atoms with Crippen LogP contribution < -0.4 is 0 Å². The first-order valence-electron chi connectivity index (χ1n) is 8.60. The number of piperazine rings is 1. The highest BCUT2D eigenvalue weighted by Crippen LogP contribution is 2.17. The number of nitrogens with zero attached hydrogens (tertiary/aromatic N) is 3. The van der Waals surface area contributed by atoms with Gasteiger partial charge in [-0.1, -0.05) is 6.07 Å². The van der Waals surface area contributed by atoms with Crippen LogP contribution in [0.4, 0.5) is 0 Å². The second kappa shape index (κ2) is 8.24. The number of aliphatic hydroxyl groups excluding tert-OH is 1. The summed E-state index contributed by atoms with van der Waals surface area (Å²) in [6, 6.07) is 4.28. The molecular weight excluding hydrogens is 310 g/mol. The Balaban J connectivity index is 1.38. The third-order valence-electron chi connectivity index (χ3n) is 5.01. The van der Waals surface area contributed by atoms with Crippen molar-refractivity contribution in [3.05, 3.63) is 22.4 Å². The Morgan fingerprint density at radius 3 is 2.48 bits per heavy atom. The van der Waals surface area contributed by atoms with E-state index in [0.717, 1.165) is 58.7 Å². The summed E-state index contributed by atoms with van der Waals surface area (Å²) >= 11 is 1.80. The highest BCUT2D eigenvalue weighted by Gasteiger charge is 2.25. The van der Waals surface area contributed by atoms with Crippen LogP contribution in [0.25, 0.3) is 0 Å². The summed E-state index contributed by atoms with van der Waals surface area (Å²) in [5.41, 5.74) is 0. The first kappa shape index (κ1) is 16.9. The van der Waals surface area contributed by atoms with Gasteiger partial charge in [0.15, 0.2) is 0 Å². The molecule has 23 heavy (non-hydrogen) atoms. The molecule has 2 aliphatic heterocycles. The Hall–Kier alpha value is -0.950. The summed E-state index contributed by atoms with van der Waals surface area (Å²) in [6.45, 7) is 7.34. The third kappa shape index (κ3) is 4.76. The number of hydrogen-bond acceptors (Lipinski definition) is 5. The van der Waals surface area contributed by atoms with E-state index in [2.05, 4.69) is 27.3 Å². The van der Waals surface area contributed by atoms with E-state index in [4.69, 9.17) is 0 Å². The van der Waals surface area contributed by atoms with E-state index >= 15 is 0 Å². The highest BCUT2D eigenvalue weighted by atomic mass is 32.1. The molecule has 3 heterocycles. The smallest absolute Gasteiger partial charge is 0.236 e. The molecular formula is C17H27N3O2S. The average molecular weight is 337 g/mol. The molecule has 2 aliphatic rings. The van der Waals surface area contributed by atoms with Crippen molar-refractivity contribution in [1.82, 2.24) is 14.7 Å². The average Bonchev–Trinajstić information content (AvgIpc) is 3.09. The minimum absolute atomic E-state index is 0.267. The number of rotatable bonds is 5. The fraction of sp³-hybridized carbons (Fsp3) is 0.706. The Morgan fingerprint density at radius 1 is 1.13 bits per heavy atom. The van der Waals surface area contributed by atoms with Crippen LogP contribution in [0.3, 0.4) is 0 Å². The fourth-order valence-electron chi connectivity index (χ4n) is 3.40. The monoisotopic (exact) mass is 337 g/mol. The quantitative estimate of drug-likeness (QED) is 0.874. The van der Waals surface area contributed by atoms with Crippen LogP contribution in [0.5, 0.6) is 0 Å². The lowest BCUT2D eigenvalue weighted by Gasteiger charge is -2.37. The second-order valence-electron chi connectivity index (χ2n) is 6.64. The van der Waals surface area contributed by atoms with E-state index in [1.807, 2.05) is 4.90 Å². The molecule has 0 spiro atoms. The predicted molar refractivity (Wildman–Crippen MR) is 92.4 cm³/mol. The Kier molecular flexibility index (Phi) is 6.05. The lowest BCUT2D eigenvalue weighted by molar-refractivity contribution is -0.134. The summed E-state index contributed by atoms with van der Waals surface area (Å²) in [5.74, 6) is 0.699. The molecule has 2 saturated heterocycles. The maximum Gasteiger partial charge on any atom is 0.236 e. The van der Waals surface area contributed by atoms with E-state index in [1.54, 1.807) is 11.3 Å². The van der Waals surface area contributed by atoms with Gasteiger partial charge < -0.3 is 10.0 Å². The molecule has 1 N–H and O–H groups in total. The topological polar surface area (TPSA) is 47.0 Å². The maximum absolute atomic E-state index is 12.5. The van der Waals surface area contributed by atoms with Gasteiger partial charge in [-0.15, -0.1) is 11.3 Å². The zero-order valence-electron chi connectivity index (χ0n) is 13.7. The van der Waals surface area contributed by atoms with Gasteiger partial charge in [-0.25, -0.2) is 0 Å². The van der Waals surface area contributed by atoms with Gasteiger partial charge in [0.1, 0.15) is 0 Å². The van der Waals surface area contributed by atoms with E-state index in [-0.39, 0.29) is 12.5 Å². The summed E-state index contributed by atoms with van der Waals surface area (Å²) in [5, 5.41) is 11.3. The van der Waals surface area contributed by atoms with Crippen LogP contribution in [0, 0.1) is 5.92 Å². The number of aliphatic hydroxyl groups is 1. The molecule has 0 saturated carbocycles. The van der Waals surface area contributed by atoms with Crippen molar-refractivity contribution in [1.29, 1.82) is 0 Å². The SMILES string of the molecule is O=C(CN1CCC(CO)CC1)N1CCN(Cc2cccs2)CC1. The van der Waals surface area contributed by atoms with Crippen molar-refractivity contribution in [2.75, 3.05) is 52.4 Å². The van der Waals surface area contributed by atoms with E-state index in [9.17, 15) is 9.90 Å². The zero-order chi connectivity index (χ0) is 16.1. The molecule has 5 nitrogen and oxygen atoms in total. The number of hydrogen-bond donors (Lipinski definition) is 1. The first-order valence-corrected chi connectivity index (χ1v) is 9.48. The number of thiophene rings is 1. The van der Waals surface area contributed by atoms with Crippen molar-refractivity contribution >= 4 is 17.2 Å². The molecule has 0 aliphatic carbocycles. The number of amides is 1. The first-order chi connectivity index (χ1) is 11.2. The van der Waals surface area contributed by atoms with Crippen LogP contribution in [-0.2, 0) is 11.3 Å².